The molecule has 0 saturated carbocycles. The highest BCUT2D eigenvalue weighted by molar-refractivity contribution is 5.40. The van der Waals surface area contributed by atoms with E-state index < -0.39 is 0 Å². The normalized spacial score (nSPS) is 10.5. The van der Waals surface area contributed by atoms with Gasteiger partial charge in [-0.1, -0.05) is 25.7 Å². The second kappa shape index (κ2) is 5.58. The fraction of sp³-hybridized carbons (Fsp3) is 0.429. The van der Waals surface area contributed by atoms with Crippen molar-refractivity contribution in [3.05, 3.63) is 29.8 Å². The number of hydrogen-bond acceptors (Lipinski definition) is 2. The molecule has 1 aromatic carbocycles. The summed E-state index contributed by atoms with van der Waals surface area (Å²) in [7, 11) is 1.62. The predicted molar refractivity (Wildman–Crippen MR) is 66.2 cm³/mol. The maximum absolute atomic E-state index is 6.10. The average molecular weight is 216 g/mol. The maximum Gasteiger partial charge on any atom is 0.128 e. The van der Waals surface area contributed by atoms with Gasteiger partial charge in [0.25, 0.3) is 0 Å². The molecule has 0 aliphatic heterocycles. The summed E-state index contributed by atoms with van der Waals surface area (Å²) in [6.07, 6.45) is 1.71. The van der Waals surface area contributed by atoms with Crippen LogP contribution in [0.4, 0.5) is 0 Å². The predicted octanol–water partition coefficient (Wildman–Crippen LogP) is 2.36. The molecule has 0 aliphatic carbocycles. The Morgan fingerprint density at radius 1 is 1.44 bits per heavy atom. The number of methoxy groups -OCH3 is 1. The minimum Gasteiger partial charge on any atom is -0.496 e. The van der Waals surface area contributed by atoms with Gasteiger partial charge in [0.1, 0.15) is 5.75 Å². The molecular weight excluding hydrogens is 198 g/mol. The van der Waals surface area contributed by atoms with Crippen molar-refractivity contribution < 1.29 is 4.74 Å². The van der Waals surface area contributed by atoms with E-state index in [1.54, 1.807) is 13.2 Å². The van der Waals surface area contributed by atoms with Crippen LogP contribution in [0, 0.1) is 17.9 Å². The minimum atomic E-state index is -0.382. The number of nitrogens with two attached hydrogens (primary N) is 1. The molecule has 0 aliphatic rings. The van der Waals surface area contributed by atoms with Crippen molar-refractivity contribution in [1.82, 2.24) is 0 Å². The summed E-state index contributed by atoms with van der Waals surface area (Å²) in [6, 6.07) is 8.53. The molecule has 0 aromatic heterocycles. The molecule has 0 amide bonds. The molecule has 1 aromatic rings. The van der Waals surface area contributed by atoms with Gasteiger partial charge >= 0.3 is 0 Å². The molecule has 2 N–H and O–H groups in total. The molecule has 1 radical (unpaired) electrons. The first-order valence-corrected chi connectivity index (χ1v) is 5.51. The molecule has 1 rings (SSSR count). The summed E-state index contributed by atoms with van der Waals surface area (Å²) in [5.74, 6) is 6.90. The van der Waals surface area contributed by atoms with Gasteiger partial charge in [-0.3, -0.25) is 0 Å². The largest absolute Gasteiger partial charge is 0.496 e. The molecule has 0 spiro atoms. The summed E-state index contributed by atoms with van der Waals surface area (Å²) in [5, 5.41) is 0. The van der Waals surface area contributed by atoms with E-state index in [1.165, 1.54) is 0 Å². The highest BCUT2D eigenvalue weighted by atomic mass is 16.5. The van der Waals surface area contributed by atoms with Crippen LogP contribution in [0.2, 0.25) is 0 Å². The molecule has 0 bridgehead atoms. The molecule has 0 fully saturated rings. The SMILES string of the molecule is CCC(N)(C#Cc1cc[c]c(OC)c1)CC. The highest BCUT2D eigenvalue weighted by Crippen LogP contribution is 2.12. The van der Waals surface area contributed by atoms with Crippen molar-refractivity contribution in [3.63, 3.8) is 0 Å². The van der Waals surface area contributed by atoms with Crippen molar-refractivity contribution in [2.45, 2.75) is 32.2 Å². The fourth-order valence-corrected chi connectivity index (χ4v) is 1.26. The number of benzene rings is 1. The molecule has 0 unspecified atom stereocenters. The lowest BCUT2D eigenvalue weighted by Crippen LogP contribution is -2.36. The lowest BCUT2D eigenvalue weighted by molar-refractivity contribution is 0.414. The van der Waals surface area contributed by atoms with Crippen molar-refractivity contribution in [3.8, 4) is 17.6 Å². The Balaban J connectivity index is 2.91. The summed E-state index contributed by atoms with van der Waals surface area (Å²) in [5.41, 5.74) is 6.63. The number of ether oxygens (including phenoxy) is 1. The van der Waals surface area contributed by atoms with Crippen LogP contribution in [0.3, 0.4) is 0 Å². The van der Waals surface area contributed by atoms with Crippen LogP contribution in [0.1, 0.15) is 32.3 Å². The van der Waals surface area contributed by atoms with Gasteiger partial charge in [-0.05, 0) is 31.0 Å². The second-order valence-corrected chi connectivity index (χ2v) is 3.76. The first kappa shape index (κ1) is 12.6. The molecule has 2 heteroatoms. The molecule has 0 atom stereocenters. The summed E-state index contributed by atoms with van der Waals surface area (Å²) in [4.78, 5) is 0. The zero-order valence-electron chi connectivity index (χ0n) is 10.1. The Labute approximate surface area is 97.8 Å². The smallest absolute Gasteiger partial charge is 0.128 e. The van der Waals surface area contributed by atoms with E-state index in [-0.39, 0.29) is 5.54 Å². The number of hydrogen-bond donors (Lipinski definition) is 1. The van der Waals surface area contributed by atoms with Gasteiger partial charge in [0, 0.05) is 11.6 Å². The van der Waals surface area contributed by atoms with Crippen LogP contribution in [-0.4, -0.2) is 12.6 Å². The van der Waals surface area contributed by atoms with Crippen molar-refractivity contribution >= 4 is 0 Å². The van der Waals surface area contributed by atoms with Crippen LogP contribution < -0.4 is 10.5 Å². The fourth-order valence-electron chi connectivity index (χ4n) is 1.26. The third-order valence-corrected chi connectivity index (χ3v) is 2.71. The van der Waals surface area contributed by atoms with E-state index in [0.717, 1.165) is 18.4 Å². The number of rotatable bonds is 3. The highest BCUT2D eigenvalue weighted by Gasteiger charge is 2.15. The molecule has 16 heavy (non-hydrogen) atoms. The second-order valence-electron chi connectivity index (χ2n) is 3.76. The van der Waals surface area contributed by atoms with Gasteiger partial charge in [0.05, 0.1) is 12.6 Å². The van der Waals surface area contributed by atoms with E-state index in [9.17, 15) is 0 Å². The van der Waals surface area contributed by atoms with E-state index >= 15 is 0 Å². The summed E-state index contributed by atoms with van der Waals surface area (Å²) >= 11 is 0. The van der Waals surface area contributed by atoms with Crippen molar-refractivity contribution in [2.75, 3.05) is 7.11 Å². The Morgan fingerprint density at radius 3 is 2.69 bits per heavy atom. The monoisotopic (exact) mass is 216 g/mol. The first-order valence-electron chi connectivity index (χ1n) is 5.51. The van der Waals surface area contributed by atoms with E-state index in [0.29, 0.717) is 5.75 Å². The standard InChI is InChI=1S/C14H18NO/c1-4-14(15,5-2)10-9-12-7-6-8-13(11-12)16-3/h6-7,11H,4-5,15H2,1-3H3. The summed E-state index contributed by atoms with van der Waals surface area (Å²) < 4.78 is 5.08. The van der Waals surface area contributed by atoms with Crippen molar-refractivity contribution in [2.24, 2.45) is 5.73 Å². The maximum atomic E-state index is 6.10. The van der Waals surface area contributed by atoms with E-state index in [1.807, 2.05) is 12.1 Å². The molecule has 0 saturated heterocycles. The van der Waals surface area contributed by atoms with Gasteiger partial charge in [-0.15, -0.1) is 0 Å². The Bertz CT molecular complexity index is 397. The lowest BCUT2D eigenvalue weighted by atomic mass is 9.95. The Kier molecular flexibility index (Phi) is 4.39. The van der Waals surface area contributed by atoms with Crippen LogP contribution in [0.5, 0.6) is 5.75 Å². The average Bonchev–Trinajstić information content (AvgIpc) is 2.36. The van der Waals surface area contributed by atoms with Crippen LogP contribution in [0.25, 0.3) is 0 Å². The van der Waals surface area contributed by atoms with Crippen molar-refractivity contribution in [1.29, 1.82) is 0 Å². The van der Waals surface area contributed by atoms with Gasteiger partial charge in [-0.2, -0.15) is 0 Å². The van der Waals surface area contributed by atoms with Gasteiger partial charge in [-0.25, -0.2) is 0 Å². The minimum absolute atomic E-state index is 0.382. The zero-order valence-corrected chi connectivity index (χ0v) is 10.1. The zero-order chi connectivity index (χ0) is 12.0. The third kappa shape index (κ3) is 3.29. The quantitative estimate of drug-likeness (QED) is 0.787. The Hall–Kier alpha value is -1.46. The van der Waals surface area contributed by atoms with Gasteiger partial charge in [0.2, 0.25) is 0 Å². The lowest BCUT2D eigenvalue weighted by Gasteiger charge is -2.18. The first-order chi connectivity index (χ1) is 7.63. The molecule has 2 nitrogen and oxygen atoms in total. The topological polar surface area (TPSA) is 35.2 Å². The van der Waals surface area contributed by atoms with E-state index in [2.05, 4.69) is 31.8 Å². The van der Waals surface area contributed by atoms with Crippen LogP contribution in [0.15, 0.2) is 18.2 Å². The molecular formula is C14H18NO. The molecule has 0 heterocycles. The van der Waals surface area contributed by atoms with Gasteiger partial charge in [0.15, 0.2) is 0 Å². The third-order valence-electron chi connectivity index (χ3n) is 2.71. The van der Waals surface area contributed by atoms with Gasteiger partial charge < -0.3 is 10.5 Å². The van der Waals surface area contributed by atoms with E-state index in [4.69, 9.17) is 10.5 Å². The summed E-state index contributed by atoms with van der Waals surface area (Å²) in [6.45, 7) is 4.11. The Morgan fingerprint density at radius 2 is 2.12 bits per heavy atom. The van der Waals surface area contributed by atoms with Crippen LogP contribution >= 0.6 is 0 Å². The molecule has 85 valence electrons. The van der Waals surface area contributed by atoms with Crippen LogP contribution in [-0.2, 0) is 0 Å².